The fourth-order valence-electron chi connectivity index (χ4n) is 2.75. The second-order valence-electron chi connectivity index (χ2n) is 6.49. The highest BCUT2D eigenvalue weighted by Gasteiger charge is 2.06. The summed E-state index contributed by atoms with van der Waals surface area (Å²) in [5.41, 5.74) is 3.37. The Morgan fingerprint density at radius 1 is 0.724 bits per heavy atom. The lowest BCUT2D eigenvalue weighted by Crippen LogP contribution is -2.21. The summed E-state index contributed by atoms with van der Waals surface area (Å²) in [5, 5.41) is 8.79. The zero-order valence-electron chi connectivity index (χ0n) is 15.8. The minimum Gasteiger partial charge on any atom is -0.375 e. The van der Waals surface area contributed by atoms with E-state index in [-0.39, 0.29) is 18.4 Å². The Balaban J connectivity index is 1.44. The first-order valence-electron chi connectivity index (χ1n) is 9.32. The van der Waals surface area contributed by atoms with Gasteiger partial charge in [0, 0.05) is 28.0 Å². The lowest BCUT2D eigenvalue weighted by atomic mass is 10.1. The van der Waals surface area contributed by atoms with E-state index < -0.39 is 0 Å². The minimum atomic E-state index is -0.152. The molecule has 0 saturated carbocycles. The number of nitrogens with one attached hydrogen (secondary N) is 3. The number of amides is 2. The number of anilines is 3. The molecule has 0 spiro atoms. The first-order valence-corrected chi connectivity index (χ1v) is 10.1. The quantitative estimate of drug-likeness (QED) is 0.447. The van der Waals surface area contributed by atoms with Gasteiger partial charge in [-0.3, -0.25) is 9.59 Å². The van der Waals surface area contributed by atoms with Crippen LogP contribution >= 0.6 is 15.9 Å². The Bertz CT molecular complexity index is 959. The molecule has 0 fully saturated rings. The molecule has 0 atom stereocenters. The van der Waals surface area contributed by atoms with Gasteiger partial charge in [0.2, 0.25) is 11.8 Å². The van der Waals surface area contributed by atoms with Gasteiger partial charge in [0.05, 0.1) is 6.54 Å². The van der Waals surface area contributed by atoms with Crippen LogP contribution in [0.15, 0.2) is 83.3 Å². The predicted octanol–water partition coefficient (Wildman–Crippen LogP) is 5.07. The Morgan fingerprint density at radius 3 is 1.97 bits per heavy atom. The van der Waals surface area contributed by atoms with Crippen LogP contribution in [-0.2, 0) is 16.0 Å². The third-order valence-electron chi connectivity index (χ3n) is 4.25. The average Bonchev–Trinajstić information content (AvgIpc) is 2.74. The summed E-state index contributed by atoms with van der Waals surface area (Å²) in [4.78, 5) is 24.2. The number of para-hydroxylation sites is 1. The monoisotopic (exact) mass is 451 g/mol. The summed E-state index contributed by atoms with van der Waals surface area (Å²) >= 11 is 3.44. The number of hydrogen-bond acceptors (Lipinski definition) is 3. The highest BCUT2D eigenvalue weighted by molar-refractivity contribution is 9.10. The van der Waals surface area contributed by atoms with E-state index in [1.54, 1.807) is 24.3 Å². The number of rotatable bonds is 8. The number of carbonyl (C=O) groups excluding carboxylic acids is 2. The summed E-state index contributed by atoms with van der Waals surface area (Å²) in [5.74, 6) is -0.191. The van der Waals surface area contributed by atoms with Crippen LogP contribution in [0.3, 0.4) is 0 Å². The summed E-state index contributed by atoms with van der Waals surface area (Å²) in [6.07, 6.45) is 1.12. The molecular formula is C23H22BrN3O2. The lowest BCUT2D eigenvalue weighted by Gasteiger charge is -2.10. The molecular weight excluding hydrogens is 430 g/mol. The molecule has 0 saturated heterocycles. The van der Waals surface area contributed by atoms with E-state index in [4.69, 9.17) is 0 Å². The van der Waals surface area contributed by atoms with E-state index in [2.05, 4.69) is 31.9 Å². The van der Waals surface area contributed by atoms with E-state index >= 15 is 0 Å². The maximum absolute atomic E-state index is 12.1. The molecule has 2 amide bonds. The van der Waals surface area contributed by atoms with Crippen molar-refractivity contribution in [1.29, 1.82) is 0 Å². The van der Waals surface area contributed by atoms with Gasteiger partial charge in [0.15, 0.2) is 0 Å². The zero-order chi connectivity index (χ0) is 20.5. The van der Waals surface area contributed by atoms with Crippen molar-refractivity contribution in [2.75, 3.05) is 22.5 Å². The van der Waals surface area contributed by atoms with Gasteiger partial charge in [-0.25, -0.2) is 0 Å². The number of carbonyl (C=O) groups is 2. The van der Waals surface area contributed by atoms with E-state index in [0.717, 1.165) is 15.7 Å². The Labute approximate surface area is 178 Å². The Kier molecular flexibility index (Phi) is 7.41. The molecule has 3 aromatic carbocycles. The molecule has 0 heterocycles. The first-order chi connectivity index (χ1) is 14.1. The molecule has 3 rings (SSSR count). The standard InChI is InChI=1S/C23H22BrN3O2/c24-20-8-4-5-9-21(20)25-16-23(29)27-19-13-11-18(12-14-19)26-22(28)15-10-17-6-2-1-3-7-17/h1-9,11-14,25H,10,15-16H2,(H,26,28)(H,27,29). The van der Waals surface area contributed by atoms with Crippen LogP contribution in [0.5, 0.6) is 0 Å². The number of aryl methyl sites for hydroxylation is 1. The third kappa shape index (κ3) is 6.76. The summed E-state index contributed by atoms with van der Waals surface area (Å²) in [6, 6.07) is 24.6. The van der Waals surface area contributed by atoms with Crippen molar-refractivity contribution in [2.24, 2.45) is 0 Å². The highest BCUT2D eigenvalue weighted by atomic mass is 79.9. The van der Waals surface area contributed by atoms with Crippen LogP contribution in [0.4, 0.5) is 17.1 Å². The SMILES string of the molecule is O=C(CCc1ccccc1)Nc1ccc(NC(=O)CNc2ccccc2Br)cc1. The van der Waals surface area contributed by atoms with Crippen LogP contribution in [0.2, 0.25) is 0 Å². The number of benzene rings is 3. The topological polar surface area (TPSA) is 70.2 Å². The second-order valence-corrected chi connectivity index (χ2v) is 7.35. The summed E-state index contributed by atoms with van der Waals surface area (Å²) in [6.45, 7) is 0.153. The Morgan fingerprint density at radius 2 is 1.31 bits per heavy atom. The van der Waals surface area contributed by atoms with E-state index in [1.807, 2.05) is 54.6 Å². The van der Waals surface area contributed by atoms with Crippen molar-refractivity contribution in [3.63, 3.8) is 0 Å². The molecule has 0 aliphatic heterocycles. The van der Waals surface area contributed by atoms with Crippen LogP contribution in [0.25, 0.3) is 0 Å². The van der Waals surface area contributed by atoms with Crippen molar-refractivity contribution in [2.45, 2.75) is 12.8 Å². The van der Waals surface area contributed by atoms with Gasteiger partial charge in [-0.15, -0.1) is 0 Å². The first kappa shape index (κ1) is 20.6. The second kappa shape index (κ2) is 10.4. The van der Waals surface area contributed by atoms with Crippen molar-refractivity contribution >= 4 is 44.8 Å². The average molecular weight is 452 g/mol. The Hall–Kier alpha value is -3.12. The smallest absolute Gasteiger partial charge is 0.243 e. The maximum Gasteiger partial charge on any atom is 0.243 e. The van der Waals surface area contributed by atoms with Crippen LogP contribution in [0.1, 0.15) is 12.0 Å². The van der Waals surface area contributed by atoms with Crippen molar-refractivity contribution < 1.29 is 9.59 Å². The molecule has 0 unspecified atom stereocenters. The zero-order valence-corrected chi connectivity index (χ0v) is 17.4. The molecule has 0 aliphatic rings. The van der Waals surface area contributed by atoms with Gasteiger partial charge in [-0.05, 0) is 64.3 Å². The third-order valence-corrected chi connectivity index (χ3v) is 4.94. The van der Waals surface area contributed by atoms with Gasteiger partial charge >= 0.3 is 0 Å². The van der Waals surface area contributed by atoms with Gasteiger partial charge in [-0.2, -0.15) is 0 Å². The fourth-order valence-corrected chi connectivity index (χ4v) is 3.17. The predicted molar refractivity (Wildman–Crippen MR) is 121 cm³/mol. The minimum absolute atomic E-state index is 0.0386. The van der Waals surface area contributed by atoms with E-state index in [0.29, 0.717) is 24.2 Å². The largest absolute Gasteiger partial charge is 0.375 e. The van der Waals surface area contributed by atoms with Gasteiger partial charge in [0.1, 0.15) is 0 Å². The van der Waals surface area contributed by atoms with Crippen LogP contribution < -0.4 is 16.0 Å². The van der Waals surface area contributed by atoms with Gasteiger partial charge in [0.25, 0.3) is 0 Å². The molecule has 5 nitrogen and oxygen atoms in total. The summed E-state index contributed by atoms with van der Waals surface area (Å²) < 4.78 is 0.903. The fraction of sp³-hybridized carbons (Fsp3) is 0.130. The van der Waals surface area contributed by atoms with Crippen LogP contribution in [0, 0.1) is 0 Å². The van der Waals surface area contributed by atoms with Crippen molar-refractivity contribution in [3.8, 4) is 0 Å². The molecule has 29 heavy (non-hydrogen) atoms. The van der Waals surface area contributed by atoms with Gasteiger partial charge < -0.3 is 16.0 Å². The molecule has 6 heteroatoms. The lowest BCUT2D eigenvalue weighted by molar-refractivity contribution is -0.116. The van der Waals surface area contributed by atoms with E-state index in [1.165, 1.54) is 0 Å². The van der Waals surface area contributed by atoms with Gasteiger partial charge in [-0.1, -0.05) is 42.5 Å². The normalized spacial score (nSPS) is 10.2. The highest BCUT2D eigenvalue weighted by Crippen LogP contribution is 2.21. The maximum atomic E-state index is 12.1. The molecule has 148 valence electrons. The summed E-state index contributed by atoms with van der Waals surface area (Å²) in [7, 11) is 0. The van der Waals surface area contributed by atoms with E-state index in [9.17, 15) is 9.59 Å². The number of hydrogen-bond donors (Lipinski definition) is 3. The number of halogens is 1. The van der Waals surface area contributed by atoms with Crippen molar-refractivity contribution in [1.82, 2.24) is 0 Å². The van der Waals surface area contributed by atoms with Crippen LogP contribution in [-0.4, -0.2) is 18.4 Å². The van der Waals surface area contributed by atoms with Crippen molar-refractivity contribution in [3.05, 3.63) is 88.9 Å². The molecule has 3 N–H and O–H groups in total. The molecule has 3 aromatic rings. The molecule has 0 aromatic heterocycles. The molecule has 0 bridgehead atoms. The molecule has 0 aliphatic carbocycles. The molecule has 0 radical (unpaired) electrons.